The van der Waals surface area contributed by atoms with Gasteiger partial charge >= 0.3 is 0 Å². The van der Waals surface area contributed by atoms with Crippen molar-refractivity contribution < 1.29 is 14.3 Å². The summed E-state index contributed by atoms with van der Waals surface area (Å²) < 4.78 is 12.3. The fourth-order valence-corrected chi connectivity index (χ4v) is 3.30. The van der Waals surface area contributed by atoms with Gasteiger partial charge in [-0.2, -0.15) is 5.10 Å². The lowest BCUT2D eigenvalue weighted by atomic mass is 10.0. The molecule has 34 heavy (non-hydrogen) atoms. The Morgan fingerprint density at radius 1 is 1.26 bits per heavy atom. The smallest absolute Gasteiger partial charge is 0.260 e. The zero-order chi connectivity index (χ0) is 25.6. The van der Waals surface area contributed by atoms with Crippen LogP contribution in [-0.4, -0.2) is 41.1 Å². The molecule has 0 aromatic carbocycles. The third-order valence-corrected chi connectivity index (χ3v) is 5.16. The lowest BCUT2D eigenvalue weighted by Crippen LogP contribution is -2.24. The third-order valence-electron chi connectivity index (χ3n) is 5.16. The normalized spacial score (nSPS) is 13.9. The van der Waals surface area contributed by atoms with Crippen LogP contribution in [0.25, 0.3) is 5.57 Å². The van der Waals surface area contributed by atoms with Gasteiger partial charge in [0.25, 0.3) is 5.91 Å². The molecule has 0 aliphatic carbocycles. The number of aryl methyl sites for hydroxylation is 1. The molecule has 184 valence electrons. The van der Waals surface area contributed by atoms with Crippen LogP contribution in [0.5, 0.6) is 0 Å². The van der Waals surface area contributed by atoms with E-state index in [0.717, 1.165) is 11.3 Å². The van der Waals surface area contributed by atoms with E-state index in [1.54, 1.807) is 24.4 Å². The molecule has 8 heteroatoms. The number of aliphatic imine (C=N–C) groups is 1. The molecule has 0 unspecified atom stereocenters. The molecule has 0 fully saturated rings. The second-order valence-corrected chi connectivity index (χ2v) is 9.09. The molecule has 0 spiro atoms. The summed E-state index contributed by atoms with van der Waals surface area (Å²) in [6, 6.07) is 1.87. The molecule has 1 aliphatic heterocycles. The molecule has 3 rings (SSSR count). The first-order valence-electron chi connectivity index (χ1n) is 11.4. The minimum atomic E-state index is -0.169. The van der Waals surface area contributed by atoms with Crippen molar-refractivity contribution in [2.24, 2.45) is 4.99 Å². The van der Waals surface area contributed by atoms with Gasteiger partial charge in [0.15, 0.2) is 0 Å². The summed E-state index contributed by atoms with van der Waals surface area (Å²) in [5, 5.41) is 4.42. The van der Waals surface area contributed by atoms with Crippen LogP contribution < -0.4 is 4.90 Å². The quantitative estimate of drug-likeness (QED) is 0.415. The Kier molecular flexibility index (Phi) is 8.79. The molecular weight excluding hydrogens is 430 g/mol. The van der Waals surface area contributed by atoms with Gasteiger partial charge in [-0.25, -0.2) is 9.98 Å². The number of fused-ring (bicyclic) bond motifs is 1. The van der Waals surface area contributed by atoms with Crippen molar-refractivity contribution in [2.45, 2.75) is 67.0 Å². The van der Waals surface area contributed by atoms with Crippen molar-refractivity contribution in [3.05, 3.63) is 59.2 Å². The van der Waals surface area contributed by atoms with Gasteiger partial charge in [-0.05, 0) is 52.8 Å². The average molecular weight is 468 g/mol. The zero-order valence-electron chi connectivity index (χ0n) is 21.9. The fourth-order valence-electron chi connectivity index (χ4n) is 3.30. The topological polar surface area (TPSA) is 81.8 Å². The maximum atomic E-state index is 13.2. The summed E-state index contributed by atoms with van der Waals surface area (Å²) in [6.07, 6.45) is 6.47. The Bertz CT molecular complexity index is 1110. The first-order chi connectivity index (χ1) is 16.0. The lowest BCUT2D eigenvalue weighted by Gasteiger charge is -2.19. The Morgan fingerprint density at radius 2 is 1.91 bits per heavy atom. The zero-order valence-corrected chi connectivity index (χ0v) is 21.9. The van der Waals surface area contributed by atoms with Gasteiger partial charge < -0.3 is 9.47 Å². The molecule has 8 nitrogen and oxygen atoms in total. The van der Waals surface area contributed by atoms with Gasteiger partial charge in [0, 0.05) is 12.4 Å². The number of amides is 1. The highest BCUT2D eigenvalue weighted by Gasteiger charge is 2.33. The number of carbonyl (C=O) groups excluding carboxylic acids is 1. The van der Waals surface area contributed by atoms with Crippen LogP contribution in [0.2, 0.25) is 0 Å². The summed E-state index contributed by atoms with van der Waals surface area (Å²) in [7, 11) is 3.10. The average Bonchev–Trinajstić information content (AvgIpc) is 3.39. The van der Waals surface area contributed by atoms with Gasteiger partial charge in [0.2, 0.25) is 5.88 Å². The predicted octanol–water partition coefficient (Wildman–Crippen LogP) is 5.48. The van der Waals surface area contributed by atoms with Gasteiger partial charge in [0.1, 0.15) is 5.76 Å². The van der Waals surface area contributed by atoms with Crippen molar-refractivity contribution in [1.29, 1.82) is 0 Å². The first kappa shape index (κ1) is 26.8. The highest BCUT2D eigenvalue weighted by Crippen LogP contribution is 2.32. The summed E-state index contributed by atoms with van der Waals surface area (Å²) in [6.45, 7) is 18.3. The van der Waals surface area contributed by atoms with Gasteiger partial charge in [-0.15, -0.1) is 0 Å². The Labute approximate surface area is 203 Å². The molecule has 2 aromatic heterocycles. The number of pyridine rings is 1. The molecule has 1 aliphatic rings. The second kappa shape index (κ2) is 11.1. The summed E-state index contributed by atoms with van der Waals surface area (Å²) in [5.74, 6) is 0.846. The number of ether oxygens (including phenoxy) is 2. The van der Waals surface area contributed by atoms with E-state index < -0.39 is 0 Å². The van der Waals surface area contributed by atoms with Gasteiger partial charge in [-0.1, -0.05) is 20.3 Å². The SMILES string of the molecule is C=C(/N=C\C(=C(/C)OC)c1cc(C)c2c(n1)CN(c1cnn(C(C)(C)C)c1)C2=O)OC.CCC. The van der Waals surface area contributed by atoms with Gasteiger partial charge in [0.05, 0.1) is 60.7 Å². The van der Waals surface area contributed by atoms with Gasteiger partial charge in [-0.3, -0.25) is 14.4 Å². The van der Waals surface area contributed by atoms with Crippen LogP contribution >= 0.6 is 0 Å². The maximum Gasteiger partial charge on any atom is 0.260 e. The summed E-state index contributed by atoms with van der Waals surface area (Å²) in [5.41, 5.74) is 4.12. The van der Waals surface area contributed by atoms with E-state index in [4.69, 9.17) is 14.5 Å². The minimum Gasteiger partial charge on any atom is -0.501 e. The maximum absolute atomic E-state index is 13.2. The molecule has 0 bridgehead atoms. The van der Waals surface area contributed by atoms with E-state index >= 15 is 0 Å². The lowest BCUT2D eigenvalue weighted by molar-refractivity contribution is 0.0996. The molecule has 1 amide bonds. The minimum absolute atomic E-state index is 0.0737. The molecule has 0 N–H and O–H groups in total. The number of carbonyl (C=O) groups is 1. The highest BCUT2D eigenvalue weighted by atomic mass is 16.5. The van der Waals surface area contributed by atoms with Crippen LogP contribution in [0.3, 0.4) is 0 Å². The second-order valence-electron chi connectivity index (χ2n) is 9.09. The van der Waals surface area contributed by atoms with Crippen molar-refractivity contribution in [3.63, 3.8) is 0 Å². The number of methoxy groups -OCH3 is 2. The van der Waals surface area contributed by atoms with Crippen LogP contribution in [0.1, 0.15) is 75.3 Å². The van der Waals surface area contributed by atoms with E-state index in [1.807, 2.05) is 30.8 Å². The van der Waals surface area contributed by atoms with Crippen molar-refractivity contribution in [1.82, 2.24) is 14.8 Å². The molecule has 2 aromatic rings. The third kappa shape index (κ3) is 5.92. The number of hydrogen-bond acceptors (Lipinski definition) is 6. The Balaban J connectivity index is 0.00000129. The number of allylic oxidation sites excluding steroid dienone is 2. The Morgan fingerprint density at radius 3 is 2.44 bits per heavy atom. The van der Waals surface area contributed by atoms with Crippen molar-refractivity contribution >= 4 is 23.4 Å². The molecular formula is C26H37N5O3. The largest absolute Gasteiger partial charge is 0.501 e. The highest BCUT2D eigenvalue weighted by molar-refractivity contribution is 6.12. The van der Waals surface area contributed by atoms with E-state index in [-0.39, 0.29) is 17.3 Å². The summed E-state index contributed by atoms with van der Waals surface area (Å²) in [4.78, 5) is 23.9. The Hall–Kier alpha value is -3.42. The van der Waals surface area contributed by atoms with Crippen LogP contribution in [-0.2, 0) is 21.6 Å². The monoisotopic (exact) mass is 467 g/mol. The van der Waals surface area contributed by atoms with E-state index in [2.05, 4.69) is 51.3 Å². The van der Waals surface area contributed by atoms with E-state index in [0.29, 0.717) is 34.8 Å². The molecule has 0 radical (unpaired) electrons. The molecule has 0 atom stereocenters. The number of nitrogens with zero attached hydrogens (tertiary/aromatic N) is 5. The predicted molar refractivity (Wildman–Crippen MR) is 137 cm³/mol. The van der Waals surface area contributed by atoms with E-state index in [1.165, 1.54) is 13.5 Å². The number of aromatic nitrogens is 3. The van der Waals surface area contributed by atoms with E-state index in [9.17, 15) is 4.79 Å². The fraction of sp³-hybridized carbons (Fsp3) is 0.462. The first-order valence-corrected chi connectivity index (χ1v) is 11.4. The number of rotatable bonds is 6. The van der Waals surface area contributed by atoms with Crippen LogP contribution in [0.15, 0.2) is 41.7 Å². The van der Waals surface area contributed by atoms with Crippen LogP contribution in [0.4, 0.5) is 5.69 Å². The van der Waals surface area contributed by atoms with Crippen molar-refractivity contribution in [3.8, 4) is 0 Å². The molecule has 3 heterocycles. The van der Waals surface area contributed by atoms with Crippen molar-refractivity contribution in [2.75, 3.05) is 19.1 Å². The summed E-state index contributed by atoms with van der Waals surface area (Å²) >= 11 is 0. The standard InChI is InChI=1S/C23H29N5O3.C3H8/c1-14-9-19(18(15(2)30-7)11-24-16(3)31-8)26-20-13-27(22(29)21(14)20)17-10-25-28(12-17)23(4,5)6;1-3-2/h9-12H,3,13H2,1-2,4-8H3;3H2,1-2H3/b18-15-,24-11-;. The molecule has 0 saturated carbocycles. The number of hydrogen-bond donors (Lipinski definition) is 0. The molecule has 0 saturated heterocycles. The van der Waals surface area contributed by atoms with Crippen LogP contribution in [0, 0.1) is 6.92 Å². The number of anilines is 1.